The number of benzene rings is 3. The third-order valence-electron chi connectivity index (χ3n) is 7.84. The van der Waals surface area contributed by atoms with Gasteiger partial charge in [0.1, 0.15) is 11.4 Å². The number of esters is 1. The number of amides is 3. The maximum atomic E-state index is 14.4. The molecule has 3 aromatic carbocycles. The summed E-state index contributed by atoms with van der Waals surface area (Å²) in [5, 5.41) is 5.51. The Balaban J connectivity index is 1.70. The van der Waals surface area contributed by atoms with Gasteiger partial charge in [0.05, 0.1) is 19.2 Å². The largest absolute Gasteiger partial charge is 0.497 e. The molecule has 4 rings (SSSR count). The Hall–Kier alpha value is -5.32. The highest BCUT2D eigenvalue weighted by Crippen LogP contribution is 2.29. The van der Waals surface area contributed by atoms with Crippen LogP contribution in [0.5, 0.6) is 5.75 Å². The molecule has 2 N–H and O–H groups in total. The molecule has 50 heavy (non-hydrogen) atoms. The van der Waals surface area contributed by atoms with E-state index in [2.05, 4.69) is 10.6 Å². The van der Waals surface area contributed by atoms with Crippen molar-refractivity contribution < 1.29 is 38.1 Å². The molecule has 1 aliphatic rings. The summed E-state index contributed by atoms with van der Waals surface area (Å²) in [5.74, 6) is -1.36. The average Bonchev–Trinajstić information content (AvgIpc) is 3.09. The normalized spacial score (nSPS) is 17.1. The quantitative estimate of drug-likeness (QED) is 0.226. The van der Waals surface area contributed by atoms with Gasteiger partial charge in [-0.25, -0.2) is 9.59 Å². The molecule has 11 heteroatoms. The van der Waals surface area contributed by atoms with Gasteiger partial charge in [-0.3, -0.25) is 9.59 Å². The van der Waals surface area contributed by atoms with Crippen molar-refractivity contribution in [3.8, 4) is 5.75 Å². The third kappa shape index (κ3) is 10.6. The van der Waals surface area contributed by atoms with Crippen LogP contribution in [-0.4, -0.2) is 72.8 Å². The second kappa shape index (κ2) is 17.4. The first-order valence-corrected chi connectivity index (χ1v) is 16.8. The predicted molar refractivity (Wildman–Crippen MR) is 188 cm³/mol. The summed E-state index contributed by atoms with van der Waals surface area (Å²) >= 11 is 0. The van der Waals surface area contributed by atoms with Gasteiger partial charge < -0.3 is 34.5 Å². The van der Waals surface area contributed by atoms with E-state index in [1.165, 1.54) is 13.0 Å². The fourth-order valence-electron chi connectivity index (χ4n) is 5.62. The molecule has 0 aliphatic carbocycles. The highest BCUT2D eigenvalue weighted by Gasteiger charge is 2.45. The standard InChI is InChI=1S/C39H47N3O8/c1-7-22-42(23-21-27-15-14-20-30(24-27)47-6)36(44)35-33(40-26(2)43)31(41-38(46)50-39(3,4)5)25-32(48-35)37(45)49-34(28-16-10-8-11-17-28)29-18-12-9-13-19-29/h8-20,24-25,31,33-35H,7,21-23H2,1-6H3,(H,40,43)(H,41,46)/t31-,33+,35+/m0/s1. The second-order valence-corrected chi connectivity index (χ2v) is 13.0. The van der Waals surface area contributed by atoms with Crippen molar-refractivity contribution in [2.75, 3.05) is 20.2 Å². The van der Waals surface area contributed by atoms with E-state index in [9.17, 15) is 19.2 Å². The lowest BCUT2D eigenvalue weighted by molar-refractivity contribution is -0.154. The van der Waals surface area contributed by atoms with Gasteiger partial charge in [-0.05, 0) is 68.5 Å². The molecule has 0 saturated heterocycles. The maximum absolute atomic E-state index is 14.4. The molecule has 0 bridgehead atoms. The molecule has 3 amide bonds. The lowest BCUT2D eigenvalue weighted by atomic mass is 9.96. The van der Waals surface area contributed by atoms with Crippen molar-refractivity contribution in [1.82, 2.24) is 15.5 Å². The molecule has 0 saturated carbocycles. The average molecular weight is 686 g/mol. The summed E-state index contributed by atoms with van der Waals surface area (Å²) in [6.07, 6.45) is -0.486. The monoisotopic (exact) mass is 685 g/mol. The van der Waals surface area contributed by atoms with Crippen LogP contribution in [0.2, 0.25) is 0 Å². The third-order valence-corrected chi connectivity index (χ3v) is 7.84. The van der Waals surface area contributed by atoms with E-state index in [1.807, 2.05) is 91.9 Å². The molecule has 1 heterocycles. The Kier molecular flexibility index (Phi) is 13.0. The first-order chi connectivity index (χ1) is 23.9. The fraction of sp³-hybridized carbons (Fsp3) is 0.385. The van der Waals surface area contributed by atoms with Crippen LogP contribution in [0.25, 0.3) is 0 Å². The first-order valence-electron chi connectivity index (χ1n) is 16.8. The van der Waals surface area contributed by atoms with Crippen molar-refractivity contribution in [2.45, 2.75) is 77.4 Å². The van der Waals surface area contributed by atoms with Gasteiger partial charge in [0.2, 0.25) is 11.7 Å². The van der Waals surface area contributed by atoms with E-state index >= 15 is 0 Å². The molecule has 3 atom stereocenters. The number of carbonyl (C=O) groups excluding carboxylic acids is 4. The van der Waals surface area contributed by atoms with Gasteiger partial charge in [-0.1, -0.05) is 79.7 Å². The summed E-state index contributed by atoms with van der Waals surface area (Å²) in [7, 11) is 1.59. The summed E-state index contributed by atoms with van der Waals surface area (Å²) in [6.45, 7) is 9.09. The van der Waals surface area contributed by atoms with E-state index < -0.39 is 53.8 Å². The number of hydrogen-bond donors (Lipinski definition) is 2. The number of rotatable bonds is 13. The minimum Gasteiger partial charge on any atom is -0.497 e. The van der Waals surface area contributed by atoms with Crippen molar-refractivity contribution in [3.05, 3.63) is 113 Å². The van der Waals surface area contributed by atoms with E-state index in [1.54, 1.807) is 32.8 Å². The van der Waals surface area contributed by atoms with Gasteiger partial charge in [0.15, 0.2) is 12.2 Å². The minimum absolute atomic E-state index is 0.285. The van der Waals surface area contributed by atoms with Crippen molar-refractivity contribution in [1.29, 1.82) is 0 Å². The molecule has 0 fully saturated rings. The number of methoxy groups -OCH3 is 1. The molecular formula is C39H47N3O8. The van der Waals surface area contributed by atoms with Gasteiger partial charge in [0.25, 0.3) is 5.91 Å². The first kappa shape index (κ1) is 37.5. The molecule has 266 valence electrons. The van der Waals surface area contributed by atoms with Crippen LogP contribution < -0.4 is 15.4 Å². The van der Waals surface area contributed by atoms with Crippen LogP contribution in [0, 0.1) is 0 Å². The Bertz CT molecular complexity index is 1600. The van der Waals surface area contributed by atoms with Crippen LogP contribution in [0.1, 0.15) is 63.8 Å². The van der Waals surface area contributed by atoms with E-state index in [4.69, 9.17) is 18.9 Å². The molecule has 0 spiro atoms. The van der Waals surface area contributed by atoms with Crippen LogP contribution in [-0.2, 0) is 35.0 Å². The summed E-state index contributed by atoms with van der Waals surface area (Å²) in [5.41, 5.74) is 1.57. The highest BCUT2D eigenvalue weighted by molar-refractivity contribution is 5.90. The zero-order chi connectivity index (χ0) is 36.3. The van der Waals surface area contributed by atoms with Gasteiger partial charge in [-0.15, -0.1) is 0 Å². The lowest BCUT2D eigenvalue weighted by Gasteiger charge is -2.39. The summed E-state index contributed by atoms with van der Waals surface area (Å²) in [4.78, 5) is 55.6. The van der Waals surface area contributed by atoms with Crippen molar-refractivity contribution >= 4 is 23.9 Å². The number of hydrogen-bond acceptors (Lipinski definition) is 8. The summed E-state index contributed by atoms with van der Waals surface area (Å²) in [6, 6.07) is 23.9. The number of ether oxygens (including phenoxy) is 4. The smallest absolute Gasteiger partial charge is 0.408 e. The molecule has 0 aromatic heterocycles. The Labute approximate surface area is 293 Å². The van der Waals surface area contributed by atoms with Crippen molar-refractivity contribution in [3.63, 3.8) is 0 Å². The maximum Gasteiger partial charge on any atom is 0.408 e. The molecule has 0 unspecified atom stereocenters. The Morgan fingerprint density at radius 1 is 0.880 bits per heavy atom. The van der Waals surface area contributed by atoms with Crippen LogP contribution in [0.15, 0.2) is 96.8 Å². The van der Waals surface area contributed by atoms with Crippen molar-refractivity contribution in [2.24, 2.45) is 0 Å². The SMILES string of the molecule is CCCN(CCc1cccc(OC)c1)C(=O)[C@@H]1OC(C(=O)OC(c2ccccc2)c2ccccc2)=C[C@H](NC(=O)OC(C)(C)C)[C@H]1NC(C)=O. The van der Waals surface area contributed by atoms with E-state index in [-0.39, 0.29) is 5.76 Å². The Morgan fingerprint density at radius 2 is 1.52 bits per heavy atom. The molecule has 0 radical (unpaired) electrons. The zero-order valence-electron chi connectivity index (χ0n) is 29.5. The lowest BCUT2D eigenvalue weighted by Crippen LogP contribution is -2.63. The molecular weight excluding hydrogens is 638 g/mol. The van der Waals surface area contributed by atoms with Crippen LogP contribution in [0.4, 0.5) is 4.79 Å². The zero-order valence-corrected chi connectivity index (χ0v) is 29.5. The molecule has 1 aliphatic heterocycles. The van der Waals surface area contributed by atoms with Crippen LogP contribution in [0.3, 0.4) is 0 Å². The highest BCUT2D eigenvalue weighted by atomic mass is 16.6. The second-order valence-electron chi connectivity index (χ2n) is 13.0. The van der Waals surface area contributed by atoms with Gasteiger partial charge >= 0.3 is 12.1 Å². The molecule has 3 aromatic rings. The van der Waals surface area contributed by atoms with Crippen LogP contribution >= 0.6 is 0 Å². The molecule has 11 nitrogen and oxygen atoms in total. The minimum atomic E-state index is -1.39. The Morgan fingerprint density at radius 3 is 2.08 bits per heavy atom. The predicted octanol–water partition coefficient (Wildman–Crippen LogP) is 5.49. The number of carbonyl (C=O) groups is 4. The number of alkyl carbamates (subject to hydrolysis) is 1. The topological polar surface area (TPSA) is 132 Å². The number of nitrogens with zero attached hydrogens (tertiary/aromatic N) is 1. The fourth-order valence-corrected chi connectivity index (χ4v) is 5.62. The van der Waals surface area contributed by atoms with Gasteiger partial charge in [0, 0.05) is 20.0 Å². The van der Waals surface area contributed by atoms with Gasteiger partial charge in [-0.2, -0.15) is 0 Å². The van der Waals surface area contributed by atoms with E-state index in [0.717, 1.165) is 16.7 Å². The summed E-state index contributed by atoms with van der Waals surface area (Å²) < 4.78 is 23.1. The van der Waals surface area contributed by atoms with E-state index in [0.29, 0.717) is 31.7 Å². The number of nitrogens with one attached hydrogen (secondary N) is 2.